The third-order valence-corrected chi connectivity index (χ3v) is 5.27. The van der Waals surface area contributed by atoms with E-state index < -0.39 is 11.5 Å². The fourth-order valence-electron chi connectivity index (χ4n) is 2.70. The molecule has 0 saturated heterocycles. The predicted molar refractivity (Wildman–Crippen MR) is 78.2 cm³/mol. The monoisotopic (exact) mass is 273 g/mol. The first-order chi connectivity index (χ1) is 8.39. The Balaban J connectivity index is 2.70. The van der Waals surface area contributed by atoms with Gasteiger partial charge in [0.15, 0.2) is 0 Å². The van der Waals surface area contributed by atoms with Crippen LogP contribution in [0, 0.1) is 0 Å². The second-order valence-corrected chi connectivity index (χ2v) is 7.50. The first-order valence-electron chi connectivity index (χ1n) is 7.06. The maximum Gasteiger partial charge on any atom is 0.323 e. The van der Waals surface area contributed by atoms with Gasteiger partial charge in [-0.2, -0.15) is 11.8 Å². The van der Waals surface area contributed by atoms with Crippen LogP contribution in [0.5, 0.6) is 0 Å². The standard InChI is InChI=1S/C14H27NO2S/c1-5-11(4)18-12-7-6-8-14(9-12,13(16)17)15-10(2)3/h10-12,15H,5-9H2,1-4H3,(H,16,17). The number of carbonyl (C=O) groups is 1. The maximum atomic E-state index is 11.6. The highest BCUT2D eigenvalue weighted by atomic mass is 32.2. The van der Waals surface area contributed by atoms with E-state index in [9.17, 15) is 9.90 Å². The minimum Gasteiger partial charge on any atom is -0.480 e. The molecule has 0 aliphatic heterocycles. The molecule has 1 aliphatic carbocycles. The van der Waals surface area contributed by atoms with Crippen LogP contribution >= 0.6 is 11.8 Å². The van der Waals surface area contributed by atoms with Crippen LogP contribution in [0.25, 0.3) is 0 Å². The molecule has 106 valence electrons. The summed E-state index contributed by atoms with van der Waals surface area (Å²) in [5.41, 5.74) is -0.697. The highest BCUT2D eigenvalue weighted by molar-refractivity contribution is 8.00. The number of hydrogen-bond donors (Lipinski definition) is 2. The van der Waals surface area contributed by atoms with Crippen molar-refractivity contribution in [3.63, 3.8) is 0 Å². The molecule has 0 bridgehead atoms. The van der Waals surface area contributed by atoms with Crippen LogP contribution in [0.3, 0.4) is 0 Å². The van der Waals surface area contributed by atoms with Crippen LogP contribution in [-0.4, -0.2) is 33.2 Å². The number of carboxylic acids is 1. The SMILES string of the molecule is CCC(C)SC1CCCC(NC(C)C)(C(=O)O)C1. The smallest absolute Gasteiger partial charge is 0.323 e. The second kappa shape index (κ2) is 6.80. The molecule has 1 fully saturated rings. The van der Waals surface area contributed by atoms with Crippen molar-refractivity contribution in [2.24, 2.45) is 0 Å². The Labute approximate surface area is 115 Å². The molecule has 3 nitrogen and oxygen atoms in total. The summed E-state index contributed by atoms with van der Waals surface area (Å²) in [6, 6.07) is 0.216. The highest BCUT2D eigenvalue weighted by Crippen LogP contribution is 2.37. The van der Waals surface area contributed by atoms with Crippen molar-refractivity contribution in [1.82, 2.24) is 5.32 Å². The summed E-state index contributed by atoms with van der Waals surface area (Å²) in [5, 5.41) is 14.0. The lowest BCUT2D eigenvalue weighted by Gasteiger charge is -2.40. The van der Waals surface area contributed by atoms with E-state index in [0.29, 0.717) is 10.5 Å². The molecule has 0 aromatic rings. The number of rotatable bonds is 6. The predicted octanol–water partition coefficient (Wildman–Crippen LogP) is 3.28. The lowest BCUT2D eigenvalue weighted by molar-refractivity contribution is -0.146. The van der Waals surface area contributed by atoms with Crippen molar-refractivity contribution in [1.29, 1.82) is 0 Å². The number of nitrogens with one attached hydrogen (secondary N) is 1. The lowest BCUT2D eigenvalue weighted by Crippen LogP contribution is -2.57. The summed E-state index contributed by atoms with van der Waals surface area (Å²) in [6.07, 6.45) is 4.84. The van der Waals surface area contributed by atoms with E-state index in [1.54, 1.807) is 0 Å². The van der Waals surface area contributed by atoms with Crippen LogP contribution in [0.15, 0.2) is 0 Å². The van der Waals surface area contributed by atoms with Crippen LogP contribution in [0.1, 0.15) is 59.8 Å². The zero-order valence-electron chi connectivity index (χ0n) is 12.0. The Morgan fingerprint density at radius 3 is 2.67 bits per heavy atom. The van der Waals surface area contributed by atoms with Crippen LogP contribution in [0.4, 0.5) is 0 Å². The summed E-state index contributed by atoms with van der Waals surface area (Å²) in [6.45, 7) is 8.47. The molecule has 3 atom stereocenters. The van der Waals surface area contributed by atoms with E-state index in [-0.39, 0.29) is 6.04 Å². The molecular weight excluding hydrogens is 246 g/mol. The fourth-order valence-corrected chi connectivity index (χ4v) is 4.24. The Bertz CT molecular complexity index is 283. The van der Waals surface area contributed by atoms with Gasteiger partial charge in [-0.3, -0.25) is 10.1 Å². The summed E-state index contributed by atoms with van der Waals surface area (Å²) in [5.74, 6) is -0.675. The molecule has 2 N–H and O–H groups in total. The first kappa shape index (κ1) is 15.8. The molecule has 1 saturated carbocycles. The molecule has 4 heteroatoms. The number of aliphatic carboxylic acids is 1. The fraction of sp³-hybridized carbons (Fsp3) is 0.929. The van der Waals surface area contributed by atoms with Crippen LogP contribution in [0.2, 0.25) is 0 Å². The van der Waals surface area contributed by atoms with E-state index in [0.717, 1.165) is 32.1 Å². The summed E-state index contributed by atoms with van der Waals surface area (Å²) in [4.78, 5) is 11.6. The van der Waals surface area contributed by atoms with Crippen molar-refractivity contribution >= 4 is 17.7 Å². The quantitative estimate of drug-likeness (QED) is 0.780. The molecule has 0 heterocycles. The van der Waals surface area contributed by atoms with Gasteiger partial charge in [0.05, 0.1) is 0 Å². The molecule has 1 rings (SSSR count). The maximum absolute atomic E-state index is 11.6. The molecule has 3 unspecified atom stereocenters. The Hall–Kier alpha value is -0.220. The summed E-state index contributed by atoms with van der Waals surface area (Å²) >= 11 is 1.96. The largest absolute Gasteiger partial charge is 0.480 e. The average Bonchev–Trinajstić information content (AvgIpc) is 2.28. The molecule has 0 radical (unpaired) electrons. The minimum atomic E-state index is -0.697. The van der Waals surface area contributed by atoms with Gasteiger partial charge in [-0.05, 0) is 46.0 Å². The molecule has 1 aliphatic rings. The Morgan fingerprint density at radius 1 is 1.50 bits per heavy atom. The zero-order valence-corrected chi connectivity index (χ0v) is 12.8. The minimum absolute atomic E-state index is 0.216. The average molecular weight is 273 g/mol. The normalized spacial score (nSPS) is 30.4. The molecule has 0 aromatic heterocycles. The number of hydrogen-bond acceptors (Lipinski definition) is 3. The van der Waals surface area contributed by atoms with Crippen molar-refractivity contribution < 1.29 is 9.90 Å². The third kappa shape index (κ3) is 4.16. The van der Waals surface area contributed by atoms with Crippen molar-refractivity contribution in [3.05, 3.63) is 0 Å². The van der Waals surface area contributed by atoms with E-state index in [1.807, 2.05) is 25.6 Å². The van der Waals surface area contributed by atoms with Crippen molar-refractivity contribution in [2.75, 3.05) is 0 Å². The van der Waals surface area contributed by atoms with Gasteiger partial charge in [0.25, 0.3) is 0 Å². The Morgan fingerprint density at radius 2 is 2.17 bits per heavy atom. The summed E-state index contributed by atoms with van der Waals surface area (Å²) in [7, 11) is 0. The second-order valence-electron chi connectivity index (χ2n) is 5.76. The molecular formula is C14H27NO2S. The summed E-state index contributed by atoms with van der Waals surface area (Å²) < 4.78 is 0. The van der Waals surface area contributed by atoms with Gasteiger partial charge in [-0.15, -0.1) is 0 Å². The molecule has 18 heavy (non-hydrogen) atoms. The molecule has 0 amide bonds. The number of thioether (sulfide) groups is 1. The van der Waals surface area contributed by atoms with E-state index >= 15 is 0 Å². The van der Waals surface area contributed by atoms with E-state index in [1.165, 1.54) is 0 Å². The van der Waals surface area contributed by atoms with Crippen molar-refractivity contribution in [3.8, 4) is 0 Å². The van der Waals surface area contributed by atoms with Gasteiger partial charge >= 0.3 is 5.97 Å². The Kier molecular flexibility index (Phi) is 5.99. The third-order valence-electron chi connectivity index (χ3n) is 3.68. The van der Waals surface area contributed by atoms with Crippen molar-refractivity contribution in [2.45, 2.75) is 81.9 Å². The van der Waals surface area contributed by atoms with E-state index in [4.69, 9.17) is 0 Å². The first-order valence-corrected chi connectivity index (χ1v) is 8.00. The van der Waals surface area contributed by atoms with Gasteiger partial charge in [0.2, 0.25) is 0 Å². The lowest BCUT2D eigenvalue weighted by atomic mass is 9.81. The van der Waals surface area contributed by atoms with Gasteiger partial charge < -0.3 is 5.11 Å². The van der Waals surface area contributed by atoms with Gasteiger partial charge in [-0.1, -0.05) is 13.8 Å². The zero-order chi connectivity index (χ0) is 13.8. The van der Waals surface area contributed by atoms with E-state index in [2.05, 4.69) is 19.2 Å². The van der Waals surface area contributed by atoms with Gasteiger partial charge in [0, 0.05) is 16.5 Å². The van der Waals surface area contributed by atoms with Crippen LogP contribution in [-0.2, 0) is 4.79 Å². The highest BCUT2D eigenvalue weighted by Gasteiger charge is 2.43. The number of carboxylic acid groups (broad SMARTS) is 1. The topological polar surface area (TPSA) is 49.3 Å². The van der Waals surface area contributed by atoms with Gasteiger partial charge in [-0.25, -0.2) is 0 Å². The molecule has 0 aromatic carbocycles. The van der Waals surface area contributed by atoms with Gasteiger partial charge in [0.1, 0.15) is 5.54 Å². The molecule has 0 spiro atoms. The van der Waals surface area contributed by atoms with Crippen LogP contribution < -0.4 is 5.32 Å².